The van der Waals surface area contributed by atoms with Crippen molar-refractivity contribution in [3.05, 3.63) is 0 Å². The van der Waals surface area contributed by atoms with Crippen LogP contribution in [-0.2, 0) is 9.59 Å². The Balaban J connectivity index is 2.56. The number of carboxylic acid groups (broad SMARTS) is 1. The first kappa shape index (κ1) is 15.3. The van der Waals surface area contributed by atoms with Crippen LogP contribution in [0, 0.1) is 11.8 Å². The summed E-state index contributed by atoms with van der Waals surface area (Å²) in [4.78, 5) is 23.2. The van der Waals surface area contributed by atoms with E-state index in [1.54, 1.807) is 11.8 Å². The van der Waals surface area contributed by atoms with Crippen LogP contribution in [-0.4, -0.2) is 34.5 Å². The minimum absolute atomic E-state index is 0.0109. The van der Waals surface area contributed by atoms with Gasteiger partial charge in [0.15, 0.2) is 0 Å². The van der Waals surface area contributed by atoms with Crippen molar-refractivity contribution in [3.8, 4) is 0 Å². The topological polar surface area (TPSA) is 66.4 Å². The molecule has 1 fully saturated rings. The SMILES string of the molecule is CSC(C)(C)CNC(=O)C1CCCCC1C(=O)O. The molecule has 2 N–H and O–H groups in total. The van der Waals surface area contributed by atoms with Gasteiger partial charge in [0.2, 0.25) is 5.91 Å². The summed E-state index contributed by atoms with van der Waals surface area (Å²) in [7, 11) is 0. The lowest BCUT2D eigenvalue weighted by Gasteiger charge is -2.29. The van der Waals surface area contributed by atoms with Gasteiger partial charge < -0.3 is 10.4 Å². The predicted octanol–water partition coefficient (Wildman–Crippen LogP) is 2.14. The van der Waals surface area contributed by atoms with Crippen molar-refractivity contribution in [2.75, 3.05) is 12.8 Å². The molecule has 1 aliphatic carbocycles. The standard InChI is InChI=1S/C13H23NO3S/c1-13(2,18-3)8-14-11(15)9-6-4-5-7-10(9)12(16)17/h9-10H,4-8H2,1-3H3,(H,14,15)(H,16,17). The van der Waals surface area contributed by atoms with Crippen molar-refractivity contribution >= 4 is 23.6 Å². The number of aliphatic carboxylic acids is 1. The van der Waals surface area contributed by atoms with Crippen LogP contribution in [0.2, 0.25) is 0 Å². The molecular formula is C13H23NO3S. The summed E-state index contributed by atoms with van der Waals surface area (Å²) in [6.07, 6.45) is 5.19. The summed E-state index contributed by atoms with van der Waals surface area (Å²) in [5.41, 5.74) is 0. The van der Waals surface area contributed by atoms with Gasteiger partial charge in [0, 0.05) is 11.3 Å². The number of amides is 1. The molecule has 1 aliphatic rings. The molecule has 0 heterocycles. The maximum absolute atomic E-state index is 12.1. The van der Waals surface area contributed by atoms with Crippen LogP contribution in [0.5, 0.6) is 0 Å². The summed E-state index contributed by atoms with van der Waals surface area (Å²) in [6.45, 7) is 4.71. The summed E-state index contributed by atoms with van der Waals surface area (Å²) in [5.74, 6) is -1.78. The van der Waals surface area contributed by atoms with Crippen LogP contribution in [0.4, 0.5) is 0 Å². The smallest absolute Gasteiger partial charge is 0.307 e. The van der Waals surface area contributed by atoms with Crippen molar-refractivity contribution in [2.45, 2.75) is 44.3 Å². The monoisotopic (exact) mass is 273 g/mol. The first-order chi connectivity index (χ1) is 8.37. The minimum Gasteiger partial charge on any atom is -0.481 e. The average molecular weight is 273 g/mol. The number of carbonyl (C=O) groups excluding carboxylic acids is 1. The second kappa shape index (κ2) is 6.45. The van der Waals surface area contributed by atoms with Gasteiger partial charge in [-0.2, -0.15) is 11.8 Å². The lowest BCUT2D eigenvalue weighted by Crippen LogP contribution is -2.43. The maximum Gasteiger partial charge on any atom is 0.307 e. The maximum atomic E-state index is 12.1. The molecule has 0 bridgehead atoms. The highest BCUT2D eigenvalue weighted by Crippen LogP contribution is 2.30. The summed E-state index contributed by atoms with van der Waals surface area (Å²) >= 11 is 1.69. The van der Waals surface area contributed by atoms with Crippen LogP contribution in [0.15, 0.2) is 0 Å². The molecule has 5 heteroatoms. The van der Waals surface area contributed by atoms with E-state index in [1.807, 2.05) is 6.26 Å². The van der Waals surface area contributed by atoms with E-state index in [2.05, 4.69) is 19.2 Å². The van der Waals surface area contributed by atoms with Crippen LogP contribution in [0.1, 0.15) is 39.5 Å². The molecule has 0 aromatic carbocycles. The van der Waals surface area contributed by atoms with E-state index in [9.17, 15) is 9.59 Å². The first-order valence-electron chi connectivity index (χ1n) is 6.43. The van der Waals surface area contributed by atoms with Gasteiger partial charge in [-0.25, -0.2) is 0 Å². The van der Waals surface area contributed by atoms with E-state index in [1.165, 1.54) is 0 Å². The van der Waals surface area contributed by atoms with Crippen molar-refractivity contribution < 1.29 is 14.7 Å². The Bertz CT molecular complexity index is 317. The van der Waals surface area contributed by atoms with Crippen molar-refractivity contribution in [3.63, 3.8) is 0 Å². The molecule has 1 rings (SSSR count). The summed E-state index contributed by atoms with van der Waals surface area (Å²) in [5, 5.41) is 12.1. The lowest BCUT2D eigenvalue weighted by atomic mass is 9.78. The van der Waals surface area contributed by atoms with Crippen LogP contribution >= 0.6 is 11.8 Å². The second-order valence-corrected chi connectivity index (χ2v) is 7.03. The van der Waals surface area contributed by atoms with Crippen LogP contribution in [0.3, 0.4) is 0 Å². The van der Waals surface area contributed by atoms with E-state index >= 15 is 0 Å². The Morgan fingerprint density at radius 1 is 1.28 bits per heavy atom. The molecule has 1 amide bonds. The van der Waals surface area contributed by atoms with Crippen molar-refractivity contribution in [1.29, 1.82) is 0 Å². The highest BCUT2D eigenvalue weighted by Gasteiger charge is 2.35. The van der Waals surface area contributed by atoms with Gasteiger partial charge in [-0.1, -0.05) is 12.8 Å². The Morgan fingerprint density at radius 3 is 2.33 bits per heavy atom. The number of hydrogen-bond acceptors (Lipinski definition) is 3. The van der Waals surface area contributed by atoms with E-state index in [-0.39, 0.29) is 16.6 Å². The molecule has 4 nitrogen and oxygen atoms in total. The minimum atomic E-state index is -0.834. The molecular weight excluding hydrogens is 250 g/mol. The third-order valence-corrected chi connectivity index (χ3v) is 4.91. The molecule has 0 aliphatic heterocycles. The van der Waals surface area contributed by atoms with Crippen LogP contribution in [0.25, 0.3) is 0 Å². The quantitative estimate of drug-likeness (QED) is 0.805. The number of thioether (sulfide) groups is 1. The molecule has 0 radical (unpaired) electrons. The fourth-order valence-electron chi connectivity index (χ4n) is 2.24. The first-order valence-corrected chi connectivity index (χ1v) is 7.65. The molecule has 0 saturated heterocycles. The summed E-state index contributed by atoms with van der Waals surface area (Å²) < 4.78 is -0.0109. The average Bonchev–Trinajstić information content (AvgIpc) is 2.36. The largest absolute Gasteiger partial charge is 0.481 e. The fourth-order valence-corrected chi connectivity index (χ4v) is 2.46. The van der Waals surface area contributed by atoms with E-state index in [0.29, 0.717) is 19.4 Å². The van der Waals surface area contributed by atoms with Gasteiger partial charge in [-0.15, -0.1) is 0 Å². The van der Waals surface area contributed by atoms with Gasteiger partial charge in [0.1, 0.15) is 0 Å². The predicted molar refractivity (Wildman–Crippen MR) is 73.7 cm³/mol. The third-order valence-electron chi connectivity index (χ3n) is 3.66. The molecule has 18 heavy (non-hydrogen) atoms. The molecule has 1 saturated carbocycles. The zero-order valence-corrected chi connectivity index (χ0v) is 12.2. The zero-order chi connectivity index (χ0) is 13.8. The zero-order valence-electron chi connectivity index (χ0n) is 11.4. The highest BCUT2D eigenvalue weighted by atomic mass is 32.2. The molecule has 0 aromatic heterocycles. The second-order valence-electron chi connectivity index (χ2n) is 5.52. The number of rotatable bonds is 5. The fraction of sp³-hybridized carbons (Fsp3) is 0.846. The van der Waals surface area contributed by atoms with Gasteiger partial charge in [0.05, 0.1) is 11.8 Å². The highest BCUT2D eigenvalue weighted by molar-refractivity contribution is 7.99. The number of hydrogen-bond donors (Lipinski definition) is 2. The molecule has 2 atom stereocenters. The van der Waals surface area contributed by atoms with Gasteiger partial charge in [-0.05, 0) is 32.9 Å². The number of nitrogens with one attached hydrogen (secondary N) is 1. The van der Waals surface area contributed by atoms with E-state index < -0.39 is 11.9 Å². The van der Waals surface area contributed by atoms with Crippen molar-refractivity contribution in [2.24, 2.45) is 11.8 Å². The Labute approximate surface area is 113 Å². The Hall–Kier alpha value is -0.710. The van der Waals surface area contributed by atoms with Crippen LogP contribution < -0.4 is 5.32 Å². The normalized spacial score (nSPS) is 24.6. The van der Waals surface area contributed by atoms with Gasteiger partial charge in [0.25, 0.3) is 0 Å². The van der Waals surface area contributed by atoms with Gasteiger partial charge >= 0.3 is 5.97 Å². The van der Waals surface area contributed by atoms with Crippen molar-refractivity contribution in [1.82, 2.24) is 5.32 Å². The number of carbonyl (C=O) groups is 2. The summed E-state index contributed by atoms with van der Waals surface area (Å²) in [6, 6.07) is 0. The molecule has 0 aromatic rings. The number of carboxylic acids is 1. The van der Waals surface area contributed by atoms with E-state index in [4.69, 9.17) is 5.11 Å². The molecule has 0 spiro atoms. The Morgan fingerprint density at radius 2 is 1.83 bits per heavy atom. The third kappa shape index (κ3) is 4.19. The molecule has 104 valence electrons. The van der Waals surface area contributed by atoms with E-state index in [0.717, 1.165) is 12.8 Å². The van der Waals surface area contributed by atoms with Gasteiger partial charge in [-0.3, -0.25) is 9.59 Å². The lowest BCUT2D eigenvalue weighted by molar-refractivity contribution is -0.148. The molecule has 2 unspecified atom stereocenters. The Kier molecular flexibility index (Phi) is 5.50.